The molecule has 1 aromatic carbocycles. The van der Waals surface area contributed by atoms with Crippen molar-refractivity contribution in [2.75, 3.05) is 19.7 Å². The third-order valence-electron chi connectivity index (χ3n) is 5.19. The maximum absolute atomic E-state index is 12.8. The van der Waals surface area contributed by atoms with E-state index in [2.05, 4.69) is 17.8 Å². The number of benzene rings is 1. The summed E-state index contributed by atoms with van der Waals surface area (Å²) in [5, 5.41) is 1.56. The van der Waals surface area contributed by atoms with Gasteiger partial charge in [-0.25, -0.2) is 8.42 Å². The smallest absolute Gasteiger partial charge is 0.281 e. The van der Waals surface area contributed by atoms with Gasteiger partial charge in [-0.3, -0.25) is 20.4 Å². The molecule has 0 saturated carbocycles. The van der Waals surface area contributed by atoms with E-state index in [-0.39, 0.29) is 9.77 Å². The Bertz CT molecular complexity index is 1010. The zero-order valence-corrected chi connectivity index (χ0v) is 19.8. The summed E-state index contributed by atoms with van der Waals surface area (Å²) in [6, 6.07) is 8.05. The van der Waals surface area contributed by atoms with E-state index >= 15 is 0 Å². The van der Waals surface area contributed by atoms with E-state index in [1.807, 2.05) is 0 Å². The minimum atomic E-state index is -3.72. The highest BCUT2D eigenvalue weighted by molar-refractivity contribution is 7.89. The normalized spacial score (nSPS) is 14.3. The van der Waals surface area contributed by atoms with E-state index in [4.69, 9.17) is 4.74 Å². The summed E-state index contributed by atoms with van der Waals surface area (Å²) < 4.78 is 32.6. The molecule has 1 aliphatic heterocycles. The van der Waals surface area contributed by atoms with Crippen molar-refractivity contribution in [2.24, 2.45) is 0 Å². The van der Waals surface area contributed by atoms with Crippen LogP contribution in [0.5, 0.6) is 5.75 Å². The van der Waals surface area contributed by atoms with Crippen molar-refractivity contribution in [1.29, 1.82) is 0 Å². The quantitative estimate of drug-likeness (QED) is 0.400. The average Bonchev–Trinajstić information content (AvgIpc) is 3.50. The Morgan fingerprint density at radius 3 is 2.38 bits per heavy atom. The predicted molar refractivity (Wildman–Crippen MR) is 123 cm³/mol. The molecule has 1 aromatic heterocycles. The first kappa shape index (κ1) is 24.2. The van der Waals surface area contributed by atoms with Crippen molar-refractivity contribution >= 4 is 33.2 Å². The lowest BCUT2D eigenvalue weighted by Gasteiger charge is -2.15. The van der Waals surface area contributed by atoms with Gasteiger partial charge in [0, 0.05) is 18.7 Å². The molecule has 0 bridgehead atoms. The first-order valence-corrected chi connectivity index (χ1v) is 13.2. The number of rotatable bonds is 10. The Hall–Kier alpha value is -2.43. The van der Waals surface area contributed by atoms with Crippen LogP contribution in [0.2, 0.25) is 0 Å². The van der Waals surface area contributed by atoms with Crippen LogP contribution in [-0.4, -0.2) is 44.2 Å². The predicted octanol–water partition coefficient (Wildman–Crippen LogP) is 3.57. The summed E-state index contributed by atoms with van der Waals surface area (Å²) >= 11 is 1.02. The molecule has 0 radical (unpaired) electrons. The molecule has 8 nitrogen and oxygen atoms in total. The van der Waals surface area contributed by atoms with Crippen LogP contribution in [0.15, 0.2) is 40.6 Å². The van der Waals surface area contributed by atoms with Crippen LogP contribution in [0.1, 0.15) is 65.5 Å². The van der Waals surface area contributed by atoms with Crippen LogP contribution in [-0.2, 0) is 10.0 Å². The van der Waals surface area contributed by atoms with Crippen LogP contribution < -0.4 is 15.6 Å². The van der Waals surface area contributed by atoms with Gasteiger partial charge < -0.3 is 4.74 Å². The molecule has 174 valence electrons. The second-order valence-corrected chi connectivity index (χ2v) is 10.4. The van der Waals surface area contributed by atoms with Crippen molar-refractivity contribution in [1.82, 2.24) is 15.2 Å². The zero-order valence-electron chi connectivity index (χ0n) is 18.1. The van der Waals surface area contributed by atoms with Crippen molar-refractivity contribution in [3.05, 3.63) is 46.2 Å². The number of nitrogens with zero attached hydrogens (tertiary/aromatic N) is 1. The molecule has 2 aromatic rings. The molecule has 0 unspecified atom stereocenters. The lowest BCUT2D eigenvalue weighted by molar-refractivity contribution is 0.0847. The summed E-state index contributed by atoms with van der Waals surface area (Å²) in [5.74, 6) is -0.496. The maximum Gasteiger partial charge on any atom is 0.281 e. The second-order valence-electron chi connectivity index (χ2n) is 7.57. The van der Waals surface area contributed by atoms with E-state index in [0.29, 0.717) is 31.0 Å². The number of hydrazine groups is 1. The third kappa shape index (κ3) is 6.08. The van der Waals surface area contributed by atoms with Gasteiger partial charge in [0.2, 0.25) is 10.0 Å². The number of hydrogen-bond acceptors (Lipinski definition) is 6. The Morgan fingerprint density at radius 2 is 1.69 bits per heavy atom. The Balaban J connectivity index is 1.53. The van der Waals surface area contributed by atoms with Crippen LogP contribution >= 0.6 is 11.3 Å². The van der Waals surface area contributed by atoms with E-state index < -0.39 is 21.8 Å². The molecule has 3 rings (SSSR count). The van der Waals surface area contributed by atoms with Crippen molar-refractivity contribution in [2.45, 2.75) is 50.3 Å². The Labute approximate surface area is 193 Å². The van der Waals surface area contributed by atoms with Crippen LogP contribution in [0.3, 0.4) is 0 Å². The van der Waals surface area contributed by atoms with Gasteiger partial charge in [0.25, 0.3) is 11.8 Å². The average molecular weight is 480 g/mol. The number of thiophene rings is 1. The number of carbonyl (C=O) groups is 2. The first-order chi connectivity index (χ1) is 15.4. The standard InChI is InChI=1S/C22H29N3O5S2/c1-2-3-4-7-15-30-18-10-8-17(9-11-18)21(26)23-24-22(27)20-19(12-16-31-20)32(28,29)25-13-5-6-14-25/h8-12,16H,2-7,13-15H2,1H3,(H,23,26)(H,24,27). The molecule has 1 saturated heterocycles. The Morgan fingerprint density at radius 1 is 1.00 bits per heavy atom. The number of sulfonamides is 1. The summed E-state index contributed by atoms with van der Waals surface area (Å²) in [6.45, 7) is 3.69. The van der Waals surface area contributed by atoms with Gasteiger partial charge in [-0.05, 0) is 55.0 Å². The maximum atomic E-state index is 12.8. The number of unbranched alkanes of at least 4 members (excludes halogenated alkanes) is 3. The molecule has 2 heterocycles. The third-order valence-corrected chi connectivity index (χ3v) is 8.17. The molecule has 32 heavy (non-hydrogen) atoms. The lowest BCUT2D eigenvalue weighted by atomic mass is 10.2. The fourth-order valence-corrected chi connectivity index (χ4v) is 6.21. The van der Waals surface area contributed by atoms with Gasteiger partial charge in [-0.1, -0.05) is 26.2 Å². The summed E-state index contributed by atoms with van der Waals surface area (Å²) in [5.41, 5.74) is 5.00. The minimum absolute atomic E-state index is 0.0309. The topological polar surface area (TPSA) is 105 Å². The highest BCUT2D eigenvalue weighted by atomic mass is 32.2. The number of nitrogens with one attached hydrogen (secondary N) is 2. The van der Waals surface area contributed by atoms with E-state index in [9.17, 15) is 18.0 Å². The van der Waals surface area contributed by atoms with Crippen molar-refractivity contribution < 1.29 is 22.7 Å². The monoisotopic (exact) mass is 479 g/mol. The molecule has 0 atom stereocenters. The van der Waals surface area contributed by atoms with Gasteiger partial charge in [0.1, 0.15) is 15.5 Å². The largest absolute Gasteiger partial charge is 0.494 e. The highest BCUT2D eigenvalue weighted by Gasteiger charge is 2.31. The molecule has 10 heteroatoms. The van der Waals surface area contributed by atoms with Gasteiger partial charge in [0.05, 0.1) is 6.61 Å². The fourth-order valence-electron chi connectivity index (χ4n) is 3.40. The van der Waals surface area contributed by atoms with Crippen LogP contribution in [0.4, 0.5) is 0 Å². The molecule has 0 aliphatic carbocycles. The van der Waals surface area contributed by atoms with Gasteiger partial charge in [-0.2, -0.15) is 4.31 Å². The van der Waals surface area contributed by atoms with Gasteiger partial charge in [-0.15, -0.1) is 11.3 Å². The minimum Gasteiger partial charge on any atom is -0.494 e. The molecule has 0 spiro atoms. The summed E-state index contributed by atoms with van der Waals surface area (Å²) in [7, 11) is -3.72. The van der Waals surface area contributed by atoms with Crippen LogP contribution in [0.25, 0.3) is 0 Å². The molecular formula is C22H29N3O5S2. The number of amides is 2. The van der Waals surface area contributed by atoms with Crippen molar-refractivity contribution in [3.63, 3.8) is 0 Å². The second kappa shape index (κ2) is 11.4. The lowest BCUT2D eigenvalue weighted by Crippen LogP contribution is -2.42. The zero-order chi connectivity index (χ0) is 23.0. The number of ether oxygens (including phenoxy) is 1. The molecule has 2 N–H and O–H groups in total. The first-order valence-electron chi connectivity index (χ1n) is 10.8. The van der Waals surface area contributed by atoms with Crippen LogP contribution in [0, 0.1) is 0 Å². The summed E-state index contributed by atoms with van der Waals surface area (Å²) in [6.07, 6.45) is 6.09. The van der Waals surface area contributed by atoms with Gasteiger partial charge in [0.15, 0.2) is 0 Å². The Kier molecular flexibility index (Phi) is 8.66. The van der Waals surface area contributed by atoms with E-state index in [1.165, 1.54) is 23.2 Å². The molecule has 2 amide bonds. The molecule has 1 aliphatic rings. The molecule has 1 fully saturated rings. The summed E-state index contributed by atoms with van der Waals surface area (Å²) in [4.78, 5) is 24.9. The fraction of sp³-hybridized carbons (Fsp3) is 0.455. The van der Waals surface area contributed by atoms with E-state index in [1.54, 1.807) is 29.6 Å². The van der Waals surface area contributed by atoms with Gasteiger partial charge >= 0.3 is 0 Å². The van der Waals surface area contributed by atoms with E-state index in [0.717, 1.165) is 37.0 Å². The number of carbonyl (C=O) groups excluding carboxylic acids is 2. The molecular weight excluding hydrogens is 450 g/mol. The SMILES string of the molecule is CCCCCCOc1ccc(C(=O)NNC(=O)c2sccc2S(=O)(=O)N2CCCC2)cc1. The van der Waals surface area contributed by atoms with Crippen molar-refractivity contribution in [3.8, 4) is 5.75 Å². The highest BCUT2D eigenvalue weighted by Crippen LogP contribution is 2.27. The number of hydrogen-bond donors (Lipinski definition) is 2.